The second-order valence-corrected chi connectivity index (χ2v) is 6.63. The molecule has 5 nitrogen and oxygen atoms in total. The maximum Gasteiger partial charge on any atom is 0.257 e. The van der Waals surface area contributed by atoms with Crippen LogP contribution in [0.25, 0.3) is 0 Å². The van der Waals surface area contributed by atoms with Crippen LogP contribution < -0.4 is 5.32 Å². The van der Waals surface area contributed by atoms with E-state index in [9.17, 15) is 9.90 Å². The number of thioether (sulfide) groups is 2. The predicted octanol–water partition coefficient (Wildman–Crippen LogP) is 3.79. The summed E-state index contributed by atoms with van der Waals surface area (Å²) in [4.78, 5) is 20.6. The monoisotopic (exact) mass is 489 g/mol. The largest absolute Gasteiger partial charge is 0.506 e. The maximum atomic E-state index is 12.1. The Balaban J connectivity index is 0.00000312. The molecule has 0 aliphatic carbocycles. The molecule has 0 radical (unpaired) electrons. The first kappa shape index (κ1) is 21.8. The number of carbonyl (C=O) groups excluding carboxylic acids is 1. The van der Waals surface area contributed by atoms with Crippen LogP contribution in [0.3, 0.4) is 0 Å². The van der Waals surface area contributed by atoms with Gasteiger partial charge in [-0.15, -0.1) is 24.0 Å². The maximum absolute atomic E-state index is 12.1. The van der Waals surface area contributed by atoms with Crippen LogP contribution in [0.2, 0.25) is 0 Å². The minimum atomic E-state index is -0.158. The second kappa shape index (κ2) is 12.2. The van der Waals surface area contributed by atoms with Gasteiger partial charge in [-0.05, 0) is 30.5 Å². The minimum Gasteiger partial charge on any atom is -0.506 e. The van der Waals surface area contributed by atoms with Gasteiger partial charge in [0, 0.05) is 23.3 Å². The highest BCUT2D eigenvalue weighted by Crippen LogP contribution is 2.18. The molecule has 8 heteroatoms. The zero-order valence-electron chi connectivity index (χ0n) is 13.7. The number of amidine groups is 1. The third-order valence-electron chi connectivity index (χ3n) is 3.05. The van der Waals surface area contributed by atoms with Gasteiger partial charge < -0.3 is 10.4 Å². The summed E-state index contributed by atoms with van der Waals surface area (Å²) in [5.74, 6) is 1.47. The van der Waals surface area contributed by atoms with E-state index < -0.39 is 0 Å². The third kappa shape index (κ3) is 7.66. The number of aliphatic imine (C=N–C) groups is 1. The van der Waals surface area contributed by atoms with E-state index in [-0.39, 0.29) is 35.6 Å². The van der Waals surface area contributed by atoms with Crippen LogP contribution in [0.15, 0.2) is 53.7 Å². The van der Waals surface area contributed by atoms with Gasteiger partial charge in [0.25, 0.3) is 5.91 Å². The number of halogens is 1. The molecule has 0 saturated heterocycles. The Labute approximate surface area is 173 Å². The van der Waals surface area contributed by atoms with Crippen molar-refractivity contribution in [1.82, 2.24) is 10.3 Å². The summed E-state index contributed by atoms with van der Waals surface area (Å²) in [6.07, 6.45) is 3.54. The average molecular weight is 489 g/mol. The van der Waals surface area contributed by atoms with Crippen LogP contribution in [-0.4, -0.2) is 39.7 Å². The van der Waals surface area contributed by atoms with Crippen molar-refractivity contribution in [2.45, 2.75) is 5.75 Å². The molecule has 0 saturated carbocycles. The van der Waals surface area contributed by atoms with Crippen molar-refractivity contribution in [1.29, 1.82) is 0 Å². The number of nitrogens with one attached hydrogen (secondary N) is 1. The number of carbonyl (C=O) groups is 1. The van der Waals surface area contributed by atoms with Crippen LogP contribution in [0.5, 0.6) is 5.75 Å². The van der Waals surface area contributed by atoms with Crippen molar-refractivity contribution in [3.05, 3.63) is 59.9 Å². The molecule has 2 aromatic rings. The number of aromatic hydroxyl groups is 1. The Hall–Kier alpha value is -1.26. The van der Waals surface area contributed by atoms with Gasteiger partial charge in [-0.2, -0.15) is 11.8 Å². The summed E-state index contributed by atoms with van der Waals surface area (Å²) in [5.41, 5.74) is 1.29. The average Bonchev–Trinajstić information content (AvgIpc) is 2.62. The summed E-state index contributed by atoms with van der Waals surface area (Å²) in [6, 6.07) is 12.4. The Morgan fingerprint density at radius 2 is 2.00 bits per heavy atom. The second-order valence-electron chi connectivity index (χ2n) is 4.73. The van der Waals surface area contributed by atoms with Crippen molar-refractivity contribution in [3.8, 4) is 5.75 Å². The SMILES string of the molecule is CSC(=NCCSCc1ncccc1O)NC(=O)c1ccccc1.I. The van der Waals surface area contributed by atoms with Crippen LogP contribution >= 0.6 is 47.5 Å². The fourth-order valence-corrected chi connectivity index (χ4v) is 3.03. The summed E-state index contributed by atoms with van der Waals surface area (Å²) in [6.45, 7) is 0.587. The molecule has 1 aromatic heterocycles. The molecule has 0 atom stereocenters. The van der Waals surface area contributed by atoms with Gasteiger partial charge in [0.05, 0.1) is 12.2 Å². The molecule has 1 aromatic carbocycles. The summed E-state index contributed by atoms with van der Waals surface area (Å²) < 4.78 is 0. The quantitative estimate of drug-likeness (QED) is 0.280. The number of hydrogen-bond acceptors (Lipinski definition) is 6. The van der Waals surface area contributed by atoms with E-state index in [0.717, 1.165) is 5.75 Å². The van der Waals surface area contributed by atoms with Gasteiger partial charge in [0.2, 0.25) is 0 Å². The van der Waals surface area contributed by atoms with Gasteiger partial charge in [0.1, 0.15) is 5.75 Å². The minimum absolute atomic E-state index is 0. The van der Waals surface area contributed by atoms with E-state index in [1.807, 2.05) is 24.5 Å². The lowest BCUT2D eigenvalue weighted by Gasteiger charge is -2.06. The summed E-state index contributed by atoms with van der Waals surface area (Å²) >= 11 is 3.04. The van der Waals surface area contributed by atoms with E-state index in [2.05, 4.69) is 15.3 Å². The molecule has 0 fully saturated rings. The van der Waals surface area contributed by atoms with Crippen molar-refractivity contribution in [3.63, 3.8) is 0 Å². The van der Waals surface area contributed by atoms with E-state index >= 15 is 0 Å². The first-order valence-corrected chi connectivity index (χ1v) is 9.74. The standard InChI is InChI=1S/C17H19N3O2S2.HI/c1-23-17(20-16(22)13-6-3-2-4-7-13)19-10-11-24-12-14-15(21)8-5-9-18-14;/h2-9,21H,10-12H2,1H3,(H,19,20,22);1H. The van der Waals surface area contributed by atoms with Crippen molar-refractivity contribution >= 4 is 58.6 Å². The zero-order chi connectivity index (χ0) is 17.2. The first-order valence-electron chi connectivity index (χ1n) is 7.36. The van der Waals surface area contributed by atoms with Gasteiger partial charge in [-0.1, -0.05) is 30.0 Å². The molecule has 1 amide bonds. The fraction of sp³-hybridized carbons (Fsp3) is 0.235. The van der Waals surface area contributed by atoms with Gasteiger partial charge in [-0.3, -0.25) is 14.8 Å². The Kier molecular flexibility index (Phi) is 10.6. The van der Waals surface area contributed by atoms with E-state index in [0.29, 0.717) is 28.7 Å². The highest BCUT2D eigenvalue weighted by Gasteiger charge is 2.07. The smallest absolute Gasteiger partial charge is 0.257 e. The number of amides is 1. The molecule has 0 unspecified atom stereocenters. The predicted molar refractivity (Wildman–Crippen MR) is 117 cm³/mol. The van der Waals surface area contributed by atoms with Crippen LogP contribution in [0.4, 0.5) is 0 Å². The van der Waals surface area contributed by atoms with Crippen LogP contribution in [0, 0.1) is 0 Å². The van der Waals surface area contributed by atoms with Gasteiger partial charge in [-0.25, -0.2) is 0 Å². The number of benzene rings is 1. The topological polar surface area (TPSA) is 74.6 Å². The Bertz CT molecular complexity index is 699. The number of nitrogens with zero attached hydrogens (tertiary/aromatic N) is 2. The normalized spacial score (nSPS) is 10.8. The highest BCUT2D eigenvalue weighted by atomic mass is 127. The molecule has 0 bridgehead atoms. The van der Waals surface area contributed by atoms with Crippen molar-refractivity contribution in [2.75, 3.05) is 18.6 Å². The molecule has 2 N–H and O–H groups in total. The lowest BCUT2D eigenvalue weighted by Crippen LogP contribution is -2.28. The molecule has 25 heavy (non-hydrogen) atoms. The van der Waals surface area contributed by atoms with Crippen molar-refractivity contribution in [2.24, 2.45) is 4.99 Å². The number of rotatable bonds is 6. The molecular weight excluding hydrogens is 469 g/mol. The number of pyridine rings is 1. The molecule has 2 rings (SSSR count). The van der Waals surface area contributed by atoms with Crippen LogP contribution in [0.1, 0.15) is 16.1 Å². The highest BCUT2D eigenvalue weighted by molar-refractivity contribution is 14.0. The van der Waals surface area contributed by atoms with Crippen molar-refractivity contribution < 1.29 is 9.90 Å². The first-order chi connectivity index (χ1) is 11.7. The molecule has 0 spiro atoms. The summed E-state index contributed by atoms with van der Waals surface area (Å²) in [5, 5.41) is 13.1. The van der Waals surface area contributed by atoms with E-state index in [1.165, 1.54) is 11.8 Å². The zero-order valence-corrected chi connectivity index (χ0v) is 17.7. The lowest BCUT2D eigenvalue weighted by atomic mass is 10.2. The number of aromatic nitrogens is 1. The van der Waals surface area contributed by atoms with E-state index in [1.54, 1.807) is 42.2 Å². The Morgan fingerprint density at radius 3 is 2.68 bits per heavy atom. The molecule has 0 aliphatic heterocycles. The van der Waals surface area contributed by atoms with E-state index in [4.69, 9.17) is 0 Å². The van der Waals surface area contributed by atoms with Gasteiger partial charge in [0.15, 0.2) is 5.17 Å². The molecular formula is C17H20IN3O2S2. The fourth-order valence-electron chi connectivity index (χ4n) is 1.84. The van der Waals surface area contributed by atoms with Gasteiger partial charge >= 0.3 is 0 Å². The van der Waals surface area contributed by atoms with Crippen LogP contribution in [-0.2, 0) is 5.75 Å². The molecule has 0 aliphatic rings. The Morgan fingerprint density at radius 1 is 1.24 bits per heavy atom. The summed E-state index contributed by atoms with van der Waals surface area (Å²) in [7, 11) is 0. The molecule has 134 valence electrons. The lowest BCUT2D eigenvalue weighted by molar-refractivity contribution is 0.0978. The molecule has 1 heterocycles. The number of hydrogen-bond donors (Lipinski definition) is 2. The third-order valence-corrected chi connectivity index (χ3v) is 4.61.